The highest BCUT2D eigenvalue weighted by Gasteiger charge is 2.18. The van der Waals surface area contributed by atoms with Crippen LogP contribution in [0.25, 0.3) is 0 Å². The Hall–Kier alpha value is -1.55. The van der Waals surface area contributed by atoms with Crippen LogP contribution in [0.15, 0.2) is 28.5 Å². The Labute approximate surface area is 132 Å². The fourth-order valence-electron chi connectivity index (χ4n) is 1.92. The largest absolute Gasteiger partial charge is 0.375 e. The van der Waals surface area contributed by atoms with Gasteiger partial charge in [-0.3, -0.25) is 0 Å². The number of hydrogen-bond acceptors (Lipinski definition) is 6. The Morgan fingerprint density at radius 1 is 1.41 bits per heavy atom. The molecule has 2 rings (SSSR count). The normalized spacial score (nSPS) is 13.1. The molecule has 0 bridgehead atoms. The highest BCUT2D eigenvalue weighted by atomic mass is 32.2. The summed E-state index contributed by atoms with van der Waals surface area (Å²) in [6.45, 7) is 1.94. The number of aromatic nitrogens is 1. The van der Waals surface area contributed by atoms with Crippen molar-refractivity contribution in [1.82, 2.24) is 4.98 Å². The van der Waals surface area contributed by atoms with Crippen molar-refractivity contribution >= 4 is 26.5 Å². The Kier molecular flexibility index (Phi) is 5.12. The molecule has 3 N–H and O–H groups in total. The van der Waals surface area contributed by atoms with Crippen LogP contribution in [0.2, 0.25) is 0 Å². The number of thiazole rings is 1. The van der Waals surface area contributed by atoms with Crippen molar-refractivity contribution < 1.29 is 17.5 Å². The maximum Gasteiger partial charge on any atom is 0.249 e. The summed E-state index contributed by atoms with van der Waals surface area (Å²) in [7, 11) is -2.23. The topological polar surface area (TPSA) is 94.3 Å². The summed E-state index contributed by atoms with van der Waals surface area (Å²) in [5, 5.41) is 8.56. The Morgan fingerprint density at radius 2 is 2.05 bits per heavy atom. The summed E-state index contributed by atoms with van der Waals surface area (Å²) < 4.78 is 41.1. The van der Waals surface area contributed by atoms with Gasteiger partial charge in [0.05, 0.1) is 11.8 Å². The first-order chi connectivity index (χ1) is 10.3. The van der Waals surface area contributed by atoms with E-state index in [1.54, 1.807) is 26.2 Å². The minimum atomic E-state index is -3.77. The third kappa shape index (κ3) is 4.01. The molecular formula is C13H16FN3O3S2. The molecule has 6 nitrogen and oxygen atoms in total. The number of halogens is 1. The molecule has 2 aromatic rings. The van der Waals surface area contributed by atoms with Crippen molar-refractivity contribution in [2.24, 2.45) is 5.14 Å². The van der Waals surface area contributed by atoms with Crippen LogP contribution in [-0.2, 0) is 14.8 Å². The van der Waals surface area contributed by atoms with Crippen molar-refractivity contribution in [3.8, 4) is 0 Å². The van der Waals surface area contributed by atoms with Gasteiger partial charge in [0.2, 0.25) is 10.0 Å². The van der Waals surface area contributed by atoms with Gasteiger partial charge in [0.1, 0.15) is 5.82 Å². The van der Waals surface area contributed by atoms with Crippen LogP contribution >= 0.6 is 11.3 Å². The molecule has 22 heavy (non-hydrogen) atoms. The molecule has 1 aromatic heterocycles. The Morgan fingerprint density at radius 3 is 2.55 bits per heavy atom. The van der Waals surface area contributed by atoms with E-state index in [4.69, 9.17) is 9.88 Å². The molecule has 0 spiro atoms. The van der Waals surface area contributed by atoms with E-state index in [1.165, 1.54) is 12.1 Å². The number of rotatable bonds is 6. The summed E-state index contributed by atoms with van der Waals surface area (Å²) in [4.78, 5) is 4.12. The van der Waals surface area contributed by atoms with Crippen LogP contribution in [-0.4, -0.2) is 27.1 Å². The maximum atomic E-state index is 12.9. The molecule has 0 radical (unpaired) electrons. The number of sulfonamides is 1. The number of methoxy groups -OCH3 is 1. The van der Waals surface area contributed by atoms with Gasteiger partial charge < -0.3 is 10.1 Å². The molecule has 1 aromatic carbocycles. The molecule has 0 unspecified atom stereocenters. The molecular weight excluding hydrogens is 329 g/mol. The lowest BCUT2D eigenvalue weighted by atomic mass is 10.1. The number of hydrogen-bond donors (Lipinski definition) is 2. The highest BCUT2D eigenvalue weighted by molar-refractivity contribution is 7.91. The van der Waals surface area contributed by atoms with E-state index in [1.807, 2.05) is 0 Å². The smallest absolute Gasteiger partial charge is 0.249 e. The first kappa shape index (κ1) is 16.8. The lowest BCUT2D eigenvalue weighted by molar-refractivity contribution is 0.114. The molecule has 0 aliphatic rings. The standard InChI is InChI=1S/C13H16FN3O3S2/c1-8-12(22(15,18)19)21-13(17-8)16-7-11(20-2)9-3-5-10(14)6-4-9/h3-6,11H,7H2,1-2H3,(H,16,17)(H2,15,18,19)/t11-/m1/s1. The monoisotopic (exact) mass is 345 g/mol. The highest BCUT2D eigenvalue weighted by Crippen LogP contribution is 2.27. The van der Waals surface area contributed by atoms with Crippen LogP contribution in [0.3, 0.4) is 0 Å². The van der Waals surface area contributed by atoms with E-state index in [9.17, 15) is 12.8 Å². The minimum Gasteiger partial charge on any atom is -0.375 e. The zero-order valence-electron chi connectivity index (χ0n) is 12.0. The number of primary sulfonamides is 1. The zero-order chi connectivity index (χ0) is 16.3. The second kappa shape index (κ2) is 6.69. The molecule has 0 saturated heterocycles. The van der Waals surface area contributed by atoms with Gasteiger partial charge in [-0.1, -0.05) is 23.5 Å². The van der Waals surface area contributed by atoms with Gasteiger partial charge in [-0.25, -0.2) is 22.9 Å². The van der Waals surface area contributed by atoms with Gasteiger partial charge in [-0.05, 0) is 24.6 Å². The van der Waals surface area contributed by atoms with E-state index in [0.717, 1.165) is 16.9 Å². The van der Waals surface area contributed by atoms with Gasteiger partial charge in [0.15, 0.2) is 9.34 Å². The van der Waals surface area contributed by atoms with Crippen LogP contribution in [0.1, 0.15) is 17.4 Å². The van der Waals surface area contributed by atoms with Crippen molar-refractivity contribution in [2.45, 2.75) is 17.2 Å². The average molecular weight is 345 g/mol. The van der Waals surface area contributed by atoms with Crippen molar-refractivity contribution in [3.05, 3.63) is 41.3 Å². The summed E-state index contributed by atoms with van der Waals surface area (Å²) in [5.41, 5.74) is 1.15. The molecule has 1 atom stereocenters. The predicted octanol–water partition coefficient (Wildman–Crippen LogP) is 2.04. The molecule has 0 fully saturated rings. The SMILES string of the molecule is CO[C@H](CNc1nc(C)c(S(N)(=O)=O)s1)c1ccc(F)cc1. The summed E-state index contributed by atoms with van der Waals surface area (Å²) >= 11 is 0.966. The minimum absolute atomic E-state index is 0.0331. The Bertz CT molecular complexity index is 744. The lowest BCUT2D eigenvalue weighted by Crippen LogP contribution is -2.14. The van der Waals surface area contributed by atoms with Crippen molar-refractivity contribution in [2.75, 3.05) is 19.0 Å². The quantitative estimate of drug-likeness (QED) is 0.835. The molecule has 1 heterocycles. The van der Waals surface area contributed by atoms with Gasteiger partial charge in [0.25, 0.3) is 0 Å². The molecule has 9 heteroatoms. The van der Waals surface area contributed by atoms with Gasteiger partial charge in [0, 0.05) is 13.7 Å². The van der Waals surface area contributed by atoms with Gasteiger partial charge in [-0.15, -0.1) is 0 Å². The Balaban J connectivity index is 2.09. The van der Waals surface area contributed by atoms with Crippen LogP contribution in [0.5, 0.6) is 0 Å². The molecule has 120 valence electrons. The third-order valence-corrected chi connectivity index (χ3v) is 5.65. The number of benzene rings is 1. The fourth-order valence-corrected chi connectivity index (χ4v) is 3.78. The van der Waals surface area contributed by atoms with E-state index in [-0.39, 0.29) is 16.1 Å². The van der Waals surface area contributed by atoms with Gasteiger partial charge >= 0.3 is 0 Å². The van der Waals surface area contributed by atoms with Crippen LogP contribution < -0.4 is 10.5 Å². The molecule has 0 aliphatic heterocycles. The third-order valence-electron chi connectivity index (χ3n) is 2.98. The van der Waals surface area contributed by atoms with E-state index < -0.39 is 10.0 Å². The van der Waals surface area contributed by atoms with Crippen molar-refractivity contribution in [3.63, 3.8) is 0 Å². The van der Waals surface area contributed by atoms with E-state index >= 15 is 0 Å². The zero-order valence-corrected chi connectivity index (χ0v) is 13.7. The molecule has 0 aliphatic carbocycles. The first-order valence-electron chi connectivity index (χ1n) is 6.33. The lowest BCUT2D eigenvalue weighted by Gasteiger charge is -2.16. The summed E-state index contributed by atoms with van der Waals surface area (Å²) in [6, 6.07) is 5.98. The van der Waals surface area contributed by atoms with E-state index in [0.29, 0.717) is 17.4 Å². The fraction of sp³-hybridized carbons (Fsp3) is 0.308. The first-order valence-corrected chi connectivity index (χ1v) is 8.70. The summed E-state index contributed by atoms with van der Waals surface area (Å²) in [6.07, 6.45) is -0.317. The van der Waals surface area contributed by atoms with Crippen molar-refractivity contribution in [1.29, 1.82) is 0 Å². The number of nitrogens with two attached hydrogens (primary N) is 1. The number of ether oxygens (including phenoxy) is 1. The summed E-state index contributed by atoms with van der Waals surface area (Å²) in [5.74, 6) is -0.320. The number of nitrogens with one attached hydrogen (secondary N) is 1. The molecule has 0 amide bonds. The van der Waals surface area contributed by atoms with Crippen LogP contribution in [0.4, 0.5) is 9.52 Å². The molecule has 0 saturated carbocycles. The second-order valence-electron chi connectivity index (χ2n) is 4.59. The predicted molar refractivity (Wildman–Crippen MR) is 82.9 cm³/mol. The van der Waals surface area contributed by atoms with E-state index in [2.05, 4.69) is 10.3 Å². The number of nitrogens with zero attached hydrogens (tertiary/aromatic N) is 1. The number of aryl methyl sites for hydroxylation is 1. The maximum absolute atomic E-state index is 12.9. The second-order valence-corrected chi connectivity index (χ2v) is 7.35. The number of anilines is 1. The average Bonchev–Trinajstić information content (AvgIpc) is 2.82. The van der Waals surface area contributed by atoms with Crippen LogP contribution in [0, 0.1) is 12.7 Å². The van der Waals surface area contributed by atoms with Gasteiger partial charge in [-0.2, -0.15) is 0 Å².